The van der Waals surface area contributed by atoms with Crippen LogP contribution in [0, 0.1) is 5.82 Å². The predicted molar refractivity (Wildman–Crippen MR) is 54.8 cm³/mol. The van der Waals surface area contributed by atoms with E-state index in [4.69, 9.17) is 11.6 Å². The number of hydrogen-bond acceptors (Lipinski definition) is 3. The topological polar surface area (TPSA) is 80.0 Å². The SMILES string of the molecule is CN(Cc1cc(F)ccc1CN)/N=N\N. The molecule has 0 aromatic heterocycles. The number of nitrogens with two attached hydrogens (primary N) is 2. The van der Waals surface area contributed by atoms with Gasteiger partial charge in [0.25, 0.3) is 0 Å². The Balaban J connectivity index is 2.86. The molecule has 6 heteroatoms. The lowest BCUT2D eigenvalue weighted by molar-refractivity contribution is 0.317. The molecule has 0 saturated heterocycles. The van der Waals surface area contributed by atoms with Gasteiger partial charge in [-0.3, -0.25) is 5.01 Å². The molecule has 0 atom stereocenters. The summed E-state index contributed by atoms with van der Waals surface area (Å²) in [5.41, 5.74) is 7.20. The summed E-state index contributed by atoms with van der Waals surface area (Å²) in [6.07, 6.45) is 0. The van der Waals surface area contributed by atoms with Crippen LogP contribution in [0.15, 0.2) is 28.6 Å². The molecule has 1 aromatic rings. The van der Waals surface area contributed by atoms with E-state index in [1.807, 2.05) is 0 Å². The molecule has 5 nitrogen and oxygen atoms in total. The van der Waals surface area contributed by atoms with Gasteiger partial charge in [-0.25, -0.2) is 4.39 Å². The third-order valence-corrected chi connectivity index (χ3v) is 1.99. The van der Waals surface area contributed by atoms with Crippen molar-refractivity contribution in [3.8, 4) is 0 Å². The number of halogens is 1. The maximum absolute atomic E-state index is 13.0. The molecule has 82 valence electrons. The molecule has 0 saturated carbocycles. The van der Waals surface area contributed by atoms with Crippen LogP contribution in [0.2, 0.25) is 0 Å². The number of nitrogens with zero attached hydrogens (tertiary/aromatic N) is 3. The highest BCUT2D eigenvalue weighted by Gasteiger charge is 2.05. The van der Waals surface area contributed by atoms with E-state index in [0.717, 1.165) is 11.1 Å². The van der Waals surface area contributed by atoms with Crippen LogP contribution in [-0.4, -0.2) is 12.1 Å². The molecule has 0 spiro atoms. The van der Waals surface area contributed by atoms with Gasteiger partial charge in [0.1, 0.15) is 5.82 Å². The van der Waals surface area contributed by atoms with E-state index in [2.05, 4.69) is 10.4 Å². The Morgan fingerprint density at radius 1 is 1.40 bits per heavy atom. The molecule has 15 heavy (non-hydrogen) atoms. The molecule has 1 rings (SSSR count). The van der Waals surface area contributed by atoms with Gasteiger partial charge in [0.05, 0.1) is 6.54 Å². The van der Waals surface area contributed by atoms with Gasteiger partial charge in [-0.1, -0.05) is 16.5 Å². The smallest absolute Gasteiger partial charge is 0.123 e. The lowest BCUT2D eigenvalue weighted by Gasteiger charge is -2.13. The first-order valence-corrected chi connectivity index (χ1v) is 4.46. The van der Waals surface area contributed by atoms with Crippen molar-refractivity contribution >= 4 is 0 Å². The number of hydrogen-bond donors (Lipinski definition) is 2. The van der Waals surface area contributed by atoms with Crippen LogP contribution in [0.5, 0.6) is 0 Å². The van der Waals surface area contributed by atoms with E-state index in [1.165, 1.54) is 17.1 Å². The van der Waals surface area contributed by atoms with Crippen LogP contribution in [0.4, 0.5) is 4.39 Å². The Kier molecular flexibility index (Phi) is 3.99. The molecular formula is C9H14FN5. The summed E-state index contributed by atoms with van der Waals surface area (Å²) in [7, 11) is 1.70. The lowest BCUT2D eigenvalue weighted by atomic mass is 10.1. The largest absolute Gasteiger partial charge is 0.326 e. The molecule has 0 aliphatic rings. The Bertz CT molecular complexity index is 352. The fourth-order valence-electron chi connectivity index (χ4n) is 1.31. The Morgan fingerprint density at radius 3 is 2.73 bits per heavy atom. The molecule has 0 fully saturated rings. The maximum Gasteiger partial charge on any atom is 0.123 e. The first-order valence-electron chi connectivity index (χ1n) is 4.46. The van der Waals surface area contributed by atoms with Crippen LogP contribution >= 0.6 is 0 Å². The van der Waals surface area contributed by atoms with E-state index in [-0.39, 0.29) is 5.82 Å². The molecular weight excluding hydrogens is 197 g/mol. The molecule has 4 N–H and O–H groups in total. The van der Waals surface area contributed by atoms with Gasteiger partial charge < -0.3 is 11.6 Å². The quantitative estimate of drug-likeness (QED) is 0.442. The zero-order valence-electron chi connectivity index (χ0n) is 8.52. The average molecular weight is 211 g/mol. The van der Waals surface area contributed by atoms with Gasteiger partial charge in [-0.15, -0.1) is 0 Å². The first-order chi connectivity index (χ1) is 7.17. The summed E-state index contributed by atoms with van der Waals surface area (Å²) in [5.74, 6) is 4.61. The summed E-state index contributed by atoms with van der Waals surface area (Å²) in [5, 5.41) is 8.24. The lowest BCUT2D eigenvalue weighted by Crippen LogP contribution is -2.13. The van der Waals surface area contributed by atoms with Crippen molar-refractivity contribution in [3.63, 3.8) is 0 Å². The molecule has 0 unspecified atom stereocenters. The van der Waals surface area contributed by atoms with Crippen molar-refractivity contribution in [3.05, 3.63) is 35.1 Å². The van der Waals surface area contributed by atoms with E-state index < -0.39 is 0 Å². The van der Waals surface area contributed by atoms with Gasteiger partial charge >= 0.3 is 0 Å². The number of rotatable bonds is 4. The fraction of sp³-hybridized carbons (Fsp3) is 0.333. The highest BCUT2D eigenvalue weighted by atomic mass is 19.1. The van der Waals surface area contributed by atoms with E-state index >= 15 is 0 Å². The first kappa shape index (κ1) is 11.4. The molecule has 0 aliphatic carbocycles. The van der Waals surface area contributed by atoms with Crippen LogP contribution in [0.3, 0.4) is 0 Å². The van der Waals surface area contributed by atoms with E-state index in [0.29, 0.717) is 13.1 Å². The second kappa shape index (κ2) is 5.26. The second-order valence-electron chi connectivity index (χ2n) is 3.14. The van der Waals surface area contributed by atoms with Crippen LogP contribution < -0.4 is 11.6 Å². The summed E-state index contributed by atoms with van der Waals surface area (Å²) in [6, 6.07) is 4.49. The summed E-state index contributed by atoms with van der Waals surface area (Å²) >= 11 is 0. The zero-order valence-corrected chi connectivity index (χ0v) is 8.52. The normalized spacial score (nSPS) is 10.9. The Hall–Kier alpha value is -1.69. The van der Waals surface area contributed by atoms with Crippen LogP contribution in [0.1, 0.15) is 11.1 Å². The van der Waals surface area contributed by atoms with Crippen molar-refractivity contribution in [2.75, 3.05) is 7.05 Å². The monoisotopic (exact) mass is 211 g/mol. The van der Waals surface area contributed by atoms with Gasteiger partial charge in [0.15, 0.2) is 0 Å². The maximum atomic E-state index is 13.0. The van der Waals surface area contributed by atoms with Crippen LogP contribution in [0.25, 0.3) is 0 Å². The number of benzene rings is 1. The van der Waals surface area contributed by atoms with Gasteiger partial charge in [0, 0.05) is 13.6 Å². The summed E-state index contributed by atoms with van der Waals surface area (Å²) in [4.78, 5) is 0. The van der Waals surface area contributed by atoms with E-state index in [1.54, 1.807) is 13.1 Å². The third-order valence-electron chi connectivity index (χ3n) is 1.99. The molecule has 0 heterocycles. The standard InChI is InChI=1S/C9H14FN5/c1-15(14-13-12)6-8-4-9(10)3-2-7(8)5-11/h2-4H,5-6,11H2,1H3,(H2,12,14). The fourth-order valence-corrected chi connectivity index (χ4v) is 1.31. The molecule has 0 aliphatic heterocycles. The average Bonchev–Trinajstić information content (AvgIpc) is 2.18. The van der Waals surface area contributed by atoms with Crippen molar-refractivity contribution in [2.24, 2.45) is 22.0 Å². The second-order valence-corrected chi connectivity index (χ2v) is 3.14. The molecule has 0 radical (unpaired) electrons. The van der Waals surface area contributed by atoms with Gasteiger partial charge in [-0.2, -0.15) is 0 Å². The minimum Gasteiger partial charge on any atom is -0.326 e. The molecule has 0 bridgehead atoms. The molecule has 0 amide bonds. The van der Waals surface area contributed by atoms with Gasteiger partial charge in [0.2, 0.25) is 0 Å². The minimum atomic E-state index is -0.291. The van der Waals surface area contributed by atoms with Crippen molar-refractivity contribution in [2.45, 2.75) is 13.1 Å². The summed E-state index contributed by atoms with van der Waals surface area (Å²) in [6.45, 7) is 0.786. The highest BCUT2D eigenvalue weighted by Crippen LogP contribution is 2.13. The minimum absolute atomic E-state index is 0.291. The highest BCUT2D eigenvalue weighted by molar-refractivity contribution is 5.27. The van der Waals surface area contributed by atoms with Crippen molar-refractivity contribution < 1.29 is 4.39 Å². The van der Waals surface area contributed by atoms with Crippen molar-refractivity contribution in [1.29, 1.82) is 0 Å². The Labute approximate surface area is 87.5 Å². The third kappa shape index (κ3) is 3.17. The van der Waals surface area contributed by atoms with Gasteiger partial charge in [-0.05, 0) is 23.3 Å². The zero-order chi connectivity index (χ0) is 11.3. The summed E-state index contributed by atoms with van der Waals surface area (Å²) < 4.78 is 13.0. The predicted octanol–water partition coefficient (Wildman–Crippen LogP) is 0.957. The van der Waals surface area contributed by atoms with Crippen molar-refractivity contribution in [1.82, 2.24) is 5.01 Å². The molecule has 1 aromatic carbocycles. The Morgan fingerprint density at radius 2 is 2.13 bits per heavy atom. The van der Waals surface area contributed by atoms with E-state index in [9.17, 15) is 4.39 Å². The van der Waals surface area contributed by atoms with Crippen LogP contribution in [-0.2, 0) is 13.1 Å².